The molecule has 0 aliphatic heterocycles. The summed E-state index contributed by atoms with van der Waals surface area (Å²) in [6, 6.07) is 4.64. The third-order valence-corrected chi connectivity index (χ3v) is 3.51. The maximum Gasteiger partial charge on any atom is 0.227 e. The molecule has 1 atom stereocenters. The largest absolute Gasteiger partial charge is 0.322 e. The van der Waals surface area contributed by atoms with Crippen LogP contribution in [0.25, 0.3) is 0 Å². The molecule has 17 heavy (non-hydrogen) atoms. The Hall–Kier alpha value is -1.16. The van der Waals surface area contributed by atoms with Crippen molar-refractivity contribution < 1.29 is 9.18 Å². The van der Waals surface area contributed by atoms with Gasteiger partial charge in [-0.3, -0.25) is 4.79 Å². The van der Waals surface area contributed by atoms with Gasteiger partial charge in [0.1, 0.15) is 5.82 Å². The number of carbonyl (C=O) groups excluding carboxylic acids is 1. The van der Waals surface area contributed by atoms with Gasteiger partial charge in [-0.1, -0.05) is 18.2 Å². The van der Waals surface area contributed by atoms with Gasteiger partial charge in [-0.25, -0.2) is 4.39 Å². The summed E-state index contributed by atoms with van der Waals surface area (Å²) in [7, 11) is 0. The fourth-order valence-electron chi connectivity index (χ4n) is 1.87. The molecular weight excluding hydrogens is 285 g/mol. The lowest BCUT2D eigenvalue weighted by atomic mass is 9.93. The molecule has 90 valence electrons. The molecule has 0 heterocycles. The maximum absolute atomic E-state index is 13.5. The third-order valence-electron chi connectivity index (χ3n) is 2.85. The van der Waals surface area contributed by atoms with Gasteiger partial charge in [0.25, 0.3) is 0 Å². The smallest absolute Gasteiger partial charge is 0.227 e. The number of carbonyl (C=O) groups is 1. The van der Waals surface area contributed by atoms with E-state index in [0.717, 1.165) is 19.3 Å². The van der Waals surface area contributed by atoms with Gasteiger partial charge >= 0.3 is 0 Å². The SMILES string of the molecule is O=C(Nc1c(F)cccc1Br)[C@@H]1CC=CCC1. The van der Waals surface area contributed by atoms with Crippen LogP contribution in [0.3, 0.4) is 0 Å². The Morgan fingerprint density at radius 1 is 1.41 bits per heavy atom. The molecular formula is C13H13BrFNO. The van der Waals surface area contributed by atoms with Crippen LogP contribution in [0.1, 0.15) is 19.3 Å². The summed E-state index contributed by atoms with van der Waals surface area (Å²) in [5.74, 6) is -0.578. The van der Waals surface area contributed by atoms with Crippen molar-refractivity contribution >= 4 is 27.5 Å². The number of rotatable bonds is 2. The summed E-state index contributed by atoms with van der Waals surface area (Å²) in [5.41, 5.74) is 0.229. The first-order chi connectivity index (χ1) is 8.18. The summed E-state index contributed by atoms with van der Waals surface area (Å²) in [6.07, 6.45) is 6.55. The van der Waals surface area contributed by atoms with Crippen molar-refractivity contribution in [1.29, 1.82) is 0 Å². The van der Waals surface area contributed by atoms with Gasteiger partial charge in [0.05, 0.1) is 5.69 Å². The summed E-state index contributed by atoms with van der Waals surface area (Å²) < 4.78 is 14.1. The topological polar surface area (TPSA) is 29.1 Å². The zero-order valence-corrected chi connectivity index (χ0v) is 10.8. The average Bonchev–Trinajstić information content (AvgIpc) is 2.35. The van der Waals surface area contributed by atoms with E-state index in [-0.39, 0.29) is 17.5 Å². The number of hydrogen-bond acceptors (Lipinski definition) is 1. The Bertz CT molecular complexity index is 438. The molecule has 0 saturated carbocycles. The lowest BCUT2D eigenvalue weighted by Crippen LogP contribution is -2.24. The molecule has 0 saturated heterocycles. The van der Waals surface area contributed by atoms with Gasteiger partial charge in [-0.15, -0.1) is 0 Å². The maximum atomic E-state index is 13.5. The van der Waals surface area contributed by atoms with Crippen molar-refractivity contribution in [1.82, 2.24) is 0 Å². The van der Waals surface area contributed by atoms with Gasteiger partial charge in [0.15, 0.2) is 0 Å². The van der Waals surface area contributed by atoms with E-state index in [9.17, 15) is 9.18 Å². The van der Waals surface area contributed by atoms with Gasteiger partial charge in [-0.2, -0.15) is 0 Å². The van der Waals surface area contributed by atoms with Crippen LogP contribution in [-0.4, -0.2) is 5.91 Å². The molecule has 1 aromatic carbocycles. The van der Waals surface area contributed by atoms with E-state index >= 15 is 0 Å². The molecule has 4 heteroatoms. The van der Waals surface area contributed by atoms with Gasteiger partial charge in [0.2, 0.25) is 5.91 Å². The van der Waals surface area contributed by atoms with Gasteiger partial charge in [0, 0.05) is 10.4 Å². The molecule has 1 amide bonds. The zero-order chi connectivity index (χ0) is 12.3. The first-order valence-corrected chi connectivity index (χ1v) is 6.37. The minimum absolute atomic E-state index is 0.0495. The van der Waals surface area contributed by atoms with Crippen LogP contribution < -0.4 is 5.32 Å². The molecule has 0 bridgehead atoms. The summed E-state index contributed by atoms with van der Waals surface area (Å²) in [6.45, 7) is 0. The molecule has 1 N–H and O–H groups in total. The Kier molecular flexibility index (Phi) is 3.94. The highest BCUT2D eigenvalue weighted by atomic mass is 79.9. The van der Waals surface area contributed by atoms with E-state index in [2.05, 4.69) is 27.3 Å². The first kappa shape index (κ1) is 12.3. The van der Waals surface area contributed by atoms with Crippen LogP contribution in [0.4, 0.5) is 10.1 Å². The van der Waals surface area contributed by atoms with Gasteiger partial charge in [-0.05, 0) is 47.3 Å². The van der Waals surface area contributed by atoms with Crippen molar-refractivity contribution in [3.05, 3.63) is 40.6 Å². The van der Waals surface area contributed by atoms with Crippen molar-refractivity contribution in [3.8, 4) is 0 Å². The molecule has 0 spiro atoms. The summed E-state index contributed by atoms with van der Waals surface area (Å²) in [5, 5.41) is 2.65. The number of halogens is 2. The van der Waals surface area contributed by atoms with Crippen LogP contribution in [0.2, 0.25) is 0 Å². The number of benzene rings is 1. The molecule has 1 aromatic rings. The van der Waals surface area contributed by atoms with E-state index in [1.807, 2.05) is 6.08 Å². The Balaban J connectivity index is 2.10. The Labute approximate surface area is 108 Å². The average molecular weight is 298 g/mol. The van der Waals surface area contributed by atoms with E-state index in [4.69, 9.17) is 0 Å². The molecule has 0 unspecified atom stereocenters. The highest BCUT2D eigenvalue weighted by Crippen LogP contribution is 2.27. The Morgan fingerprint density at radius 3 is 2.88 bits per heavy atom. The fourth-order valence-corrected chi connectivity index (χ4v) is 2.32. The Morgan fingerprint density at radius 2 is 2.24 bits per heavy atom. The molecule has 0 fully saturated rings. The van der Waals surface area contributed by atoms with Crippen molar-refractivity contribution in [2.24, 2.45) is 5.92 Å². The first-order valence-electron chi connectivity index (χ1n) is 5.58. The van der Waals surface area contributed by atoms with Crippen LogP contribution in [0.15, 0.2) is 34.8 Å². The minimum atomic E-state index is -0.418. The predicted molar refractivity (Wildman–Crippen MR) is 69.2 cm³/mol. The predicted octanol–water partition coefficient (Wildman–Crippen LogP) is 3.88. The van der Waals surface area contributed by atoms with Gasteiger partial charge < -0.3 is 5.32 Å². The lowest BCUT2D eigenvalue weighted by molar-refractivity contribution is -0.120. The van der Waals surface area contributed by atoms with E-state index in [1.54, 1.807) is 12.1 Å². The van der Waals surface area contributed by atoms with Crippen LogP contribution in [0.5, 0.6) is 0 Å². The van der Waals surface area contributed by atoms with Crippen LogP contribution in [-0.2, 0) is 4.79 Å². The summed E-state index contributed by atoms with van der Waals surface area (Å²) >= 11 is 3.23. The zero-order valence-electron chi connectivity index (χ0n) is 9.25. The van der Waals surface area contributed by atoms with Crippen LogP contribution >= 0.6 is 15.9 Å². The number of anilines is 1. The number of allylic oxidation sites excluding steroid dienone is 2. The molecule has 2 nitrogen and oxygen atoms in total. The van der Waals surface area contributed by atoms with E-state index in [1.165, 1.54) is 6.07 Å². The monoisotopic (exact) mass is 297 g/mol. The standard InChI is InChI=1S/C13H13BrFNO/c14-10-7-4-8-11(15)12(10)16-13(17)9-5-2-1-3-6-9/h1-2,4,7-9H,3,5-6H2,(H,16,17)/t9-/m1/s1. The van der Waals surface area contributed by atoms with E-state index < -0.39 is 5.82 Å². The lowest BCUT2D eigenvalue weighted by Gasteiger charge is -2.18. The molecule has 2 rings (SSSR count). The molecule has 0 aromatic heterocycles. The number of hydrogen-bond donors (Lipinski definition) is 1. The molecule has 0 radical (unpaired) electrons. The highest BCUT2D eigenvalue weighted by Gasteiger charge is 2.20. The van der Waals surface area contributed by atoms with Crippen LogP contribution in [0, 0.1) is 11.7 Å². The van der Waals surface area contributed by atoms with Crippen molar-refractivity contribution in [2.45, 2.75) is 19.3 Å². The summed E-state index contributed by atoms with van der Waals surface area (Å²) in [4.78, 5) is 11.9. The highest BCUT2D eigenvalue weighted by molar-refractivity contribution is 9.10. The number of nitrogens with one attached hydrogen (secondary N) is 1. The number of amides is 1. The van der Waals surface area contributed by atoms with Crippen molar-refractivity contribution in [2.75, 3.05) is 5.32 Å². The second-order valence-corrected chi connectivity index (χ2v) is 4.92. The normalized spacial score (nSPS) is 19.1. The second kappa shape index (κ2) is 5.45. The van der Waals surface area contributed by atoms with E-state index in [0.29, 0.717) is 4.47 Å². The minimum Gasteiger partial charge on any atom is -0.322 e. The van der Waals surface area contributed by atoms with Crippen molar-refractivity contribution in [3.63, 3.8) is 0 Å². The fraction of sp³-hybridized carbons (Fsp3) is 0.308. The molecule has 1 aliphatic rings. The molecule has 1 aliphatic carbocycles. The third kappa shape index (κ3) is 2.94. The number of para-hydroxylation sites is 1. The second-order valence-electron chi connectivity index (χ2n) is 4.07. The quantitative estimate of drug-likeness (QED) is 0.825.